The zero-order chi connectivity index (χ0) is 10.6. The van der Waals surface area contributed by atoms with Gasteiger partial charge in [-0.3, -0.25) is 0 Å². The van der Waals surface area contributed by atoms with Gasteiger partial charge in [-0.25, -0.2) is 0 Å². The van der Waals surface area contributed by atoms with E-state index in [1.54, 1.807) is 0 Å². The summed E-state index contributed by atoms with van der Waals surface area (Å²) in [5, 5.41) is 0.721. The van der Waals surface area contributed by atoms with Gasteiger partial charge in [0.05, 0.1) is 0 Å². The predicted molar refractivity (Wildman–Crippen MR) is 60.8 cm³/mol. The maximum Gasteiger partial charge on any atom is 0.120 e. The first-order valence-electron chi connectivity index (χ1n) is 4.83. The fraction of sp³-hybridized carbons (Fsp3) is 0.417. The Balaban J connectivity index is 2.64. The topological polar surface area (TPSA) is 9.23 Å². The van der Waals surface area contributed by atoms with E-state index in [4.69, 9.17) is 16.3 Å². The molecule has 0 aliphatic rings. The lowest BCUT2D eigenvalue weighted by Crippen LogP contribution is -2.28. The van der Waals surface area contributed by atoms with Gasteiger partial charge in [-0.15, -0.1) is 0 Å². The Labute approximate surface area is 91.0 Å². The quantitative estimate of drug-likeness (QED) is 0.728. The van der Waals surface area contributed by atoms with Crippen LogP contribution in [-0.2, 0) is 0 Å². The smallest absolute Gasteiger partial charge is 0.120 e. The predicted octanol–water partition coefficient (Wildman–Crippen LogP) is 4.11. The fourth-order valence-corrected chi connectivity index (χ4v) is 1.49. The Morgan fingerprint density at radius 3 is 2.43 bits per heavy atom. The molecule has 1 atom stereocenters. The van der Waals surface area contributed by atoms with Crippen LogP contribution in [0.3, 0.4) is 0 Å². The van der Waals surface area contributed by atoms with Gasteiger partial charge in [0.2, 0.25) is 0 Å². The molecule has 1 radical (unpaired) electrons. The van der Waals surface area contributed by atoms with E-state index in [1.165, 1.54) is 0 Å². The van der Waals surface area contributed by atoms with Crippen LogP contribution >= 0.6 is 11.6 Å². The molecule has 77 valence electrons. The van der Waals surface area contributed by atoms with Crippen molar-refractivity contribution in [3.63, 3.8) is 0 Å². The number of ether oxygens (including phenoxy) is 1. The summed E-state index contributed by atoms with van der Waals surface area (Å²) in [7, 11) is 0. The van der Waals surface area contributed by atoms with Crippen LogP contribution in [0.4, 0.5) is 0 Å². The van der Waals surface area contributed by atoms with Crippen molar-refractivity contribution in [1.29, 1.82) is 0 Å². The highest BCUT2D eigenvalue weighted by Gasteiger charge is 2.18. The van der Waals surface area contributed by atoms with E-state index in [-0.39, 0.29) is 5.60 Å². The number of benzene rings is 1. The van der Waals surface area contributed by atoms with Gasteiger partial charge >= 0.3 is 0 Å². The zero-order valence-electron chi connectivity index (χ0n) is 8.72. The summed E-state index contributed by atoms with van der Waals surface area (Å²) >= 11 is 5.77. The maximum absolute atomic E-state index is 5.77. The Bertz CT molecular complexity index is 277. The molecule has 1 aromatic carbocycles. The van der Waals surface area contributed by atoms with E-state index in [0.717, 1.165) is 23.6 Å². The lowest BCUT2D eigenvalue weighted by Gasteiger charge is -2.25. The van der Waals surface area contributed by atoms with Crippen molar-refractivity contribution in [2.45, 2.75) is 32.3 Å². The second-order valence-electron chi connectivity index (χ2n) is 3.76. The van der Waals surface area contributed by atoms with Crippen LogP contribution < -0.4 is 4.74 Å². The van der Waals surface area contributed by atoms with Crippen LogP contribution in [0, 0.1) is 6.92 Å². The maximum atomic E-state index is 5.77. The van der Waals surface area contributed by atoms with Gasteiger partial charge in [-0.1, -0.05) is 24.9 Å². The SMILES string of the molecule is [CH2]C(C)(CCC)Oc1ccc(Cl)cc1. The minimum atomic E-state index is -0.345. The Morgan fingerprint density at radius 1 is 1.36 bits per heavy atom. The molecule has 0 aromatic heterocycles. The van der Waals surface area contributed by atoms with Crippen molar-refractivity contribution in [3.05, 3.63) is 36.2 Å². The molecule has 1 nitrogen and oxygen atoms in total. The first kappa shape index (κ1) is 11.4. The van der Waals surface area contributed by atoms with Gasteiger partial charge in [-0.05, 0) is 44.5 Å². The van der Waals surface area contributed by atoms with Crippen LogP contribution in [0.25, 0.3) is 0 Å². The van der Waals surface area contributed by atoms with Gasteiger partial charge in [0.1, 0.15) is 11.4 Å². The molecular weight excluding hydrogens is 196 g/mol. The van der Waals surface area contributed by atoms with Crippen LogP contribution in [0.2, 0.25) is 5.02 Å². The van der Waals surface area contributed by atoms with E-state index in [9.17, 15) is 0 Å². The second-order valence-corrected chi connectivity index (χ2v) is 4.19. The van der Waals surface area contributed by atoms with Crippen molar-refractivity contribution >= 4 is 11.6 Å². The van der Waals surface area contributed by atoms with Crippen molar-refractivity contribution in [2.75, 3.05) is 0 Å². The monoisotopic (exact) mass is 211 g/mol. The number of halogens is 1. The molecule has 0 spiro atoms. The molecule has 1 unspecified atom stereocenters. The normalized spacial score (nSPS) is 11.4. The molecule has 0 aliphatic carbocycles. The summed E-state index contributed by atoms with van der Waals surface area (Å²) in [6.45, 7) is 8.13. The van der Waals surface area contributed by atoms with Gasteiger partial charge in [-0.2, -0.15) is 0 Å². The summed E-state index contributed by atoms with van der Waals surface area (Å²) in [6.07, 6.45) is 2.00. The summed E-state index contributed by atoms with van der Waals surface area (Å²) < 4.78 is 5.73. The van der Waals surface area contributed by atoms with Crippen LogP contribution in [0.5, 0.6) is 5.75 Å². The minimum absolute atomic E-state index is 0.345. The lowest BCUT2D eigenvalue weighted by atomic mass is 10.0. The fourth-order valence-electron chi connectivity index (χ4n) is 1.37. The average molecular weight is 212 g/mol. The molecule has 2 heteroatoms. The summed E-state index contributed by atoms with van der Waals surface area (Å²) in [4.78, 5) is 0. The lowest BCUT2D eigenvalue weighted by molar-refractivity contribution is 0.126. The summed E-state index contributed by atoms with van der Waals surface area (Å²) in [5.74, 6) is 0.820. The van der Waals surface area contributed by atoms with Gasteiger partial charge in [0.25, 0.3) is 0 Å². The van der Waals surface area contributed by atoms with E-state index in [1.807, 2.05) is 31.2 Å². The van der Waals surface area contributed by atoms with Crippen LogP contribution in [0.15, 0.2) is 24.3 Å². The minimum Gasteiger partial charge on any atom is -0.488 e. The third kappa shape index (κ3) is 3.59. The molecule has 0 amide bonds. The number of rotatable bonds is 4. The standard InChI is InChI=1S/C12H16ClO/c1-4-9-12(2,3)14-11-7-5-10(13)6-8-11/h5-8H,2,4,9H2,1,3H3. The van der Waals surface area contributed by atoms with Crippen molar-refractivity contribution in [2.24, 2.45) is 0 Å². The van der Waals surface area contributed by atoms with E-state index >= 15 is 0 Å². The van der Waals surface area contributed by atoms with Gasteiger partial charge < -0.3 is 4.74 Å². The van der Waals surface area contributed by atoms with Gasteiger partial charge in [0.15, 0.2) is 0 Å². The van der Waals surface area contributed by atoms with E-state index in [2.05, 4.69) is 13.8 Å². The molecule has 0 N–H and O–H groups in total. The molecular formula is C12H16ClO. The summed E-state index contributed by atoms with van der Waals surface area (Å²) in [5.41, 5.74) is -0.345. The molecule has 0 aliphatic heterocycles. The Hall–Kier alpha value is -0.690. The summed E-state index contributed by atoms with van der Waals surface area (Å²) in [6, 6.07) is 7.36. The van der Waals surface area contributed by atoms with Crippen molar-refractivity contribution in [3.8, 4) is 5.75 Å². The first-order valence-corrected chi connectivity index (χ1v) is 5.21. The molecule has 1 aromatic rings. The Kier molecular flexibility index (Phi) is 3.82. The molecule has 0 saturated carbocycles. The molecule has 0 bridgehead atoms. The van der Waals surface area contributed by atoms with Crippen LogP contribution in [0.1, 0.15) is 26.7 Å². The largest absolute Gasteiger partial charge is 0.488 e. The van der Waals surface area contributed by atoms with Crippen molar-refractivity contribution in [1.82, 2.24) is 0 Å². The third-order valence-corrected chi connectivity index (χ3v) is 2.21. The first-order chi connectivity index (χ1) is 6.53. The van der Waals surface area contributed by atoms with Crippen molar-refractivity contribution < 1.29 is 4.74 Å². The zero-order valence-corrected chi connectivity index (χ0v) is 9.47. The second kappa shape index (κ2) is 4.70. The third-order valence-electron chi connectivity index (χ3n) is 1.96. The molecule has 14 heavy (non-hydrogen) atoms. The highest BCUT2D eigenvalue weighted by Crippen LogP contribution is 2.23. The highest BCUT2D eigenvalue weighted by molar-refractivity contribution is 6.30. The van der Waals surface area contributed by atoms with E-state index in [0.29, 0.717) is 0 Å². The molecule has 0 heterocycles. The van der Waals surface area contributed by atoms with E-state index < -0.39 is 0 Å². The number of hydrogen-bond acceptors (Lipinski definition) is 1. The van der Waals surface area contributed by atoms with Gasteiger partial charge in [0, 0.05) is 5.02 Å². The number of hydrogen-bond donors (Lipinski definition) is 0. The molecule has 0 saturated heterocycles. The molecule has 1 rings (SSSR count). The molecule has 0 fully saturated rings. The Morgan fingerprint density at radius 2 is 1.93 bits per heavy atom. The average Bonchev–Trinajstić information content (AvgIpc) is 2.08. The highest BCUT2D eigenvalue weighted by atomic mass is 35.5. The van der Waals surface area contributed by atoms with Crippen LogP contribution in [-0.4, -0.2) is 5.60 Å².